The lowest BCUT2D eigenvalue weighted by atomic mass is 10.1. The Bertz CT molecular complexity index is 414. The van der Waals surface area contributed by atoms with E-state index in [1.165, 1.54) is 0 Å². The van der Waals surface area contributed by atoms with Crippen LogP contribution in [-0.2, 0) is 19.9 Å². The fourth-order valence-corrected chi connectivity index (χ4v) is 4.24. The van der Waals surface area contributed by atoms with E-state index in [1.54, 1.807) is 0 Å². The van der Waals surface area contributed by atoms with Crippen molar-refractivity contribution in [1.82, 2.24) is 4.72 Å². The molecule has 1 unspecified atom stereocenters. The molecule has 0 amide bonds. The number of sulfonamides is 1. The number of hydrogen-bond donors (Lipinski definition) is 2. The minimum Gasteiger partial charge on any atom is -0.329 e. The van der Waals surface area contributed by atoms with Crippen molar-refractivity contribution in [3.8, 4) is 0 Å². The molecular weight excluding hydrogens is 264 g/mol. The van der Waals surface area contributed by atoms with Crippen LogP contribution in [0.4, 0.5) is 0 Å². The average molecular weight is 286 g/mol. The molecule has 0 aromatic carbocycles. The largest absolute Gasteiger partial charge is 0.329 e. The number of hydrogen-bond acceptors (Lipinski definition) is 5. The number of nitrogens with one attached hydrogen (secondary N) is 1. The Hall–Kier alpha value is -0.180. The number of nitrogens with two attached hydrogens (primary N) is 1. The molecule has 1 atom stereocenters. The van der Waals surface area contributed by atoms with Gasteiger partial charge in [0.1, 0.15) is 9.84 Å². The van der Waals surface area contributed by atoms with E-state index >= 15 is 0 Å². The summed E-state index contributed by atoms with van der Waals surface area (Å²) in [6, 6.07) is -0.334. The summed E-state index contributed by atoms with van der Waals surface area (Å²) in [7, 11) is -6.85. The maximum absolute atomic E-state index is 11.6. The van der Waals surface area contributed by atoms with Crippen molar-refractivity contribution in [1.29, 1.82) is 0 Å². The van der Waals surface area contributed by atoms with E-state index < -0.39 is 25.6 Å². The minimum atomic E-state index is -3.58. The lowest BCUT2D eigenvalue weighted by molar-refractivity contribution is 0.465. The molecule has 0 aliphatic heterocycles. The second-order valence-electron chi connectivity index (χ2n) is 4.63. The molecule has 0 radical (unpaired) electrons. The lowest BCUT2D eigenvalue weighted by Gasteiger charge is -2.18. The van der Waals surface area contributed by atoms with Crippen LogP contribution >= 0.6 is 0 Å². The maximum atomic E-state index is 11.6. The second kappa shape index (κ2) is 6.67. The first-order chi connectivity index (χ1) is 7.56. The molecule has 0 saturated carbocycles. The van der Waals surface area contributed by atoms with Crippen molar-refractivity contribution < 1.29 is 16.8 Å². The molecule has 0 aliphatic rings. The molecule has 0 aromatic heterocycles. The van der Waals surface area contributed by atoms with Gasteiger partial charge in [0, 0.05) is 18.8 Å². The first kappa shape index (κ1) is 16.8. The molecule has 6 nitrogen and oxygen atoms in total. The molecule has 0 heterocycles. The van der Waals surface area contributed by atoms with Crippen LogP contribution in [0, 0.1) is 5.92 Å². The van der Waals surface area contributed by atoms with Crippen LogP contribution in [0.25, 0.3) is 0 Å². The second-order valence-corrected chi connectivity index (χ2v) is 8.76. The van der Waals surface area contributed by atoms with Crippen molar-refractivity contribution in [2.45, 2.75) is 26.3 Å². The summed E-state index contributed by atoms with van der Waals surface area (Å²) >= 11 is 0. The van der Waals surface area contributed by atoms with Crippen molar-refractivity contribution >= 4 is 19.9 Å². The highest BCUT2D eigenvalue weighted by molar-refractivity contribution is 7.93. The maximum Gasteiger partial charge on any atom is 0.212 e. The Morgan fingerprint density at radius 1 is 1.12 bits per heavy atom. The molecule has 0 aromatic rings. The summed E-state index contributed by atoms with van der Waals surface area (Å²) in [6.45, 7) is 4.14. The van der Waals surface area contributed by atoms with Gasteiger partial charge >= 0.3 is 0 Å². The third-order valence-electron chi connectivity index (χ3n) is 2.11. The predicted molar refractivity (Wildman–Crippen MR) is 68.9 cm³/mol. The van der Waals surface area contributed by atoms with Crippen LogP contribution in [0.1, 0.15) is 20.3 Å². The van der Waals surface area contributed by atoms with Gasteiger partial charge in [0.2, 0.25) is 10.0 Å². The summed E-state index contributed by atoms with van der Waals surface area (Å²) in [6.07, 6.45) is 1.64. The summed E-state index contributed by atoms with van der Waals surface area (Å²) < 4.78 is 47.4. The standard InChI is InChI=1S/C9H22N2O4S2/c1-8(2)6-9(7-10)11-17(14,15)5-4-16(3,12)13/h8-9,11H,4-7,10H2,1-3H3. The van der Waals surface area contributed by atoms with Crippen molar-refractivity contribution in [2.24, 2.45) is 11.7 Å². The summed E-state index contributed by atoms with van der Waals surface area (Å²) in [5, 5.41) is 0. The predicted octanol–water partition coefficient (Wildman–Crippen LogP) is -0.676. The first-order valence-electron chi connectivity index (χ1n) is 5.43. The first-order valence-corrected chi connectivity index (χ1v) is 9.15. The van der Waals surface area contributed by atoms with Gasteiger partial charge in [-0.15, -0.1) is 0 Å². The van der Waals surface area contributed by atoms with E-state index in [-0.39, 0.29) is 18.3 Å². The van der Waals surface area contributed by atoms with Gasteiger partial charge in [0.25, 0.3) is 0 Å². The molecule has 0 fully saturated rings. The van der Waals surface area contributed by atoms with Crippen LogP contribution in [0.5, 0.6) is 0 Å². The van der Waals surface area contributed by atoms with Gasteiger partial charge in [0.05, 0.1) is 11.5 Å². The van der Waals surface area contributed by atoms with Crippen LogP contribution in [-0.4, -0.2) is 47.2 Å². The summed E-state index contributed by atoms with van der Waals surface area (Å²) in [5.74, 6) is -0.469. The average Bonchev–Trinajstić information content (AvgIpc) is 2.12. The molecule has 3 N–H and O–H groups in total. The fraction of sp³-hybridized carbons (Fsp3) is 1.00. The molecule has 17 heavy (non-hydrogen) atoms. The van der Waals surface area contributed by atoms with Gasteiger partial charge in [-0.05, 0) is 12.3 Å². The third kappa shape index (κ3) is 9.51. The molecule has 0 rings (SSSR count). The third-order valence-corrected chi connectivity index (χ3v) is 4.75. The van der Waals surface area contributed by atoms with E-state index in [1.807, 2.05) is 13.8 Å². The van der Waals surface area contributed by atoms with Crippen LogP contribution in [0.15, 0.2) is 0 Å². The van der Waals surface area contributed by atoms with Gasteiger partial charge in [-0.25, -0.2) is 21.6 Å². The van der Waals surface area contributed by atoms with Crippen molar-refractivity contribution in [3.05, 3.63) is 0 Å². The molecular formula is C9H22N2O4S2. The zero-order valence-electron chi connectivity index (χ0n) is 10.5. The molecule has 0 spiro atoms. The highest BCUT2D eigenvalue weighted by Gasteiger charge is 2.19. The van der Waals surface area contributed by atoms with E-state index in [0.717, 1.165) is 6.26 Å². The normalized spacial score (nSPS) is 15.1. The summed E-state index contributed by atoms with van der Waals surface area (Å²) in [4.78, 5) is 0. The van der Waals surface area contributed by atoms with Gasteiger partial charge in [-0.2, -0.15) is 0 Å². The van der Waals surface area contributed by atoms with Crippen LogP contribution in [0.3, 0.4) is 0 Å². The fourth-order valence-electron chi connectivity index (χ4n) is 1.34. The van der Waals surface area contributed by atoms with E-state index in [9.17, 15) is 16.8 Å². The van der Waals surface area contributed by atoms with E-state index in [4.69, 9.17) is 5.73 Å². The van der Waals surface area contributed by atoms with Crippen molar-refractivity contribution in [3.63, 3.8) is 0 Å². The zero-order chi connectivity index (χ0) is 13.7. The Labute approximate surface area is 104 Å². The SMILES string of the molecule is CC(C)CC(CN)NS(=O)(=O)CCS(C)(=O)=O. The van der Waals surface area contributed by atoms with Gasteiger partial charge in [0.15, 0.2) is 0 Å². The van der Waals surface area contributed by atoms with E-state index in [0.29, 0.717) is 12.3 Å². The zero-order valence-corrected chi connectivity index (χ0v) is 12.1. The Balaban J connectivity index is 4.42. The number of rotatable bonds is 8. The van der Waals surface area contributed by atoms with Gasteiger partial charge < -0.3 is 5.73 Å². The molecule has 0 aliphatic carbocycles. The summed E-state index contributed by atoms with van der Waals surface area (Å²) in [5.41, 5.74) is 5.46. The monoisotopic (exact) mass is 286 g/mol. The lowest BCUT2D eigenvalue weighted by Crippen LogP contribution is -2.42. The van der Waals surface area contributed by atoms with Gasteiger partial charge in [-0.1, -0.05) is 13.8 Å². The van der Waals surface area contributed by atoms with Crippen LogP contribution in [0.2, 0.25) is 0 Å². The molecule has 104 valence electrons. The minimum absolute atomic E-state index is 0.205. The quantitative estimate of drug-likeness (QED) is 0.615. The Morgan fingerprint density at radius 2 is 1.65 bits per heavy atom. The Kier molecular flexibility index (Phi) is 6.60. The number of sulfone groups is 1. The Morgan fingerprint density at radius 3 is 2.00 bits per heavy atom. The smallest absolute Gasteiger partial charge is 0.212 e. The topological polar surface area (TPSA) is 106 Å². The molecule has 0 saturated heterocycles. The van der Waals surface area contributed by atoms with Gasteiger partial charge in [-0.3, -0.25) is 0 Å². The van der Waals surface area contributed by atoms with E-state index in [2.05, 4.69) is 4.72 Å². The molecule has 0 bridgehead atoms. The van der Waals surface area contributed by atoms with Crippen molar-refractivity contribution in [2.75, 3.05) is 24.3 Å². The highest BCUT2D eigenvalue weighted by atomic mass is 32.2. The molecule has 8 heteroatoms. The highest BCUT2D eigenvalue weighted by Crippen LogP contribution is 2.05. The van der Waals surface area contributed by atoms with Crippen LogP contribution < -0.4 is 10.5 Å².